The van der Waals surface area contributed by atoms with Gasteiger partial charge in [0.2, 0.25) is 0 Å². The highest BCUT2D eigenvalue weighted by Gasteiger charge is 2.28. The van der Waals surface area contributed by atoms with Gasteiger partial charge in [0.05, 0.1) is 6.07 Å². The molecule has 0 unspecified atom stereocenters. The van der Waals surface area contributed by atoms with Crippen LogP contribution in [0.2, 0.25) is 0 Å². The Morgan fingerprint density at radius 1 is 1.33 bits per heavy atom. The zero-order valence-electron chi connectivity index (χ0n) is 12.3. The zero-order valence-corrected chi connectivity index (χ0v) is 12.3. The summed E-state index contributed by atoms with van der Waals surface area (Å²) in [5, 5.41) is 10.7. The van der Waals surface area contributed by atoms with Crippen molar-refractivity contribution in [3.8, 4) is 6.07 Å². The van der Waals surface area contributed by atoms with Crippen LogP contribution in [0.3, 0.4) is 0 Å². The molecule has 5 nitrogen and oxygen atoms in total. The number of carbonyl (C=O) groups excluding carboxylic acids is 1. The Morgan fingerprint density at radius 3 is 2.06 bits per heavy atom. The molecule has 1 aliphatic rings. The summed E-state index contributed by atoms with van der Waals surface area (Å²) in [6, 6.07) is 2.42. The summed E-state index contributed by atoms with van der Waals surface area (Å²) in [5.41, 5.74) is -0.408. The predicted octanol–water partition coefficient (Wildman–Crippen LogP) is 2.13. The van der Waals surface area contributed by atoms with Gasteiger partial charge in [0, 0.05) is 32.1 Å². The minimum Gasteiger partial charge on any atom is -0.444 e. The van der Waals surface area contributed by atoms with Gasteiger partial charge in [-0.1, -0.05) is 0 Å². The van der Waals surface area contributed by atoms with E-state index in [1.54, 1.807) is 11.0 Å². The van der Waals surface area contributed by atoms with Gasteiger partial charge < -0.3 is 15.0 Å². The molecule has 1 rings (SSSR count). The number of amides is 1. The van der Waals surface area contributed by atoms with Gasteiger partial charge >= 0.3 is 6.09 Å². The molecule has 0 aromatic heterocycles. The average Bonchev–Trinajstić information content (AvgIpc) is 2.14. The van der Waals surface area contributed by atoms with Crippen molar-refractivity contribution in [3.05, 3.63) is 0 Å². The van der Waals surface area contributed by atoms with E-state index < -0.39 is 5.60 Å². The summed E-state index contributed by atoms with van der Waals surface area (Å²) in [4.78, 5) is 13.6. The van der Waals surface area contributed by atoms with Crippen LogP contribution >= 0.6 is 0 Å². The Morgan fingerprint density at radius 2 is 1.72 bits per heavy atom. The van der Waals surface area contributed by atoms with Crippen LogP contribution in [0.25, 0.3) is 0 Å². The molecule has 0 aromatic carbocycles. The number of piperazine rings is 1. The van der Waals surface area contributed by atoms with Gasteiger partial charge in [-0.3, -0.25) is 0 Å². The molecule has 1 N–H and O–H groups in total. The third-order valence-corrected chi connectivity index (χ3v) is 2.21. The third kappa shape index (κ3) is 7.13. The van der Waals surface area contributed by atoms with Crippen LogP contribution in [0.4, 0.5) is 4.79 Å². The Hall–Kier alpha value is -1.28. The van der Waals surface area contributed by atoms with Crippen LogP contribution in [-0.2, 0) is 4.74 Å². The summed E-state index contributed by atoms with van der Waals surface area (Å²) in [6.07, 6.45) is -0.206. The Bertz CT molecular complexity index is 294. The number of nitrogens with zero attached hydrogens (tertiary/aromatic N) is 2. The van der Waals surface area contributed by atoms with Gasteiger partial charge in [0.15, 0.2) is 0 Å². The van der Waals surface area contributed by atoms with E-state index in [1.807, 2.05) is 20.8 Å². The quantitative estimate of drug-likeness (QED) is 0.720. The monoisotopic (exact) mass is 255 g/mol. The highest BCUT2D eigenvalue weighted by molar-refractivity contribution is 5.68. The van der Waals surface area contributed by atoms with E-state index in [0.717, 1.165) is 13.1 Å². The molecule has 0 radical (unpaired) electrons. The third-order valence-electron chi connectivity index (χ3n) is 2.21. The molecule has 1 aliphatic heterocycles. The SMILES string of the molecule is CC#N.C[C@@H]1CN(C(=O)OC(C)(C)C)C[C@H](C)N1. The minimum absolute atomic E-state index is 0.206. The van der Waals surface area contributed by atoms with Crippen LogP contribution in [-0.4, -0.2) is 41.8 Å². The Kier molecular flexibility index (Phi) is 6.71. The molecule has 104 valence electrons. The van der Waals surface area contributed by atoms with Crippen molar-refractivity contribution < 1.29 is 9.53 Å². The molecular weight excluding hydrogens is 230 g/mol. The smallest absolute Gasteiger partial charge is 0.410 e. The van der Waals surface area contributed by atoms with Crippen LogP contribution in [0.15, 0.2) is 0 Å². The second-order valence-electron chi connectivity index (χ2n) is 5.58. The number of hydrogen-bond acceptors (Lipinski definition) is 4. The topological polar surface area (TPSA) is 65.4 Å². The molecule has 0 spiro atoms. The minimum atomic E-state index is -0.408. The van der Waals surface area contributed by atoms with E-state index in [0.29, 0.717) is 12.1 Å². The zero-order chi connectivity index (χ0) is 14.3. The molecule has 0 aromatic rings. The summed E-state index contributed by atoms with van der Waals surface area (Å²) in [7, 11) is 0. The van der Waals surface area contributed by atoms with Crippen molar-refractivity contribution in [2.24, 2.45) is 0 Å². The maximum Gasteiger partial charge on any atom is 0.410 e. The van der Waals surface area contributed by atoms with Crippen LogP contribution in [0, 0.1) is 11.3 Å². The molecule has 5 heteroatoms. The Labute approximate surface area is 110 Å². The molecular formula is C13H25N3O2. The van der Waals surface area contributed by atoms with E-state index in [2.05, 4.69) is 19.2 Å². The lowest BCUT2D eigenvalue weighted by molar-refractivity contribution is 0.0167. The fourth-order valence-corrected chi connectivity index (χ4v) is 1.80. The molecule has 0 bridgehead atoms. The predicted molar refractivity (Wildman–Crippen MR) is 71.2 cm³/mol. The van der Waals surface area contributed by atoms with E-state index in [9.17, 15) is 4.79 Å². The summed E-state index contributed by atoms with van der Waals surface area (Å²) >= 11 is 0. The lowest BCUT2D eigenvalue weighted by atomic mass is 10.1. The maximum absolute atomic E-state index is 11.8. The van der Waals surface area contributed by atoms with Crippen molar-refractivity contribution in [1.82, 2.24) is 10.2 Å². The fraction of sp³-hybridized carbons (Fsp3) is 0.846. The highest BCUT2D eigenvalue weighted by Crippen LogP contribution is 2.12. The number of carbonyl (C=O) groups is 1. The van der Waals surface area contributed by atoms with Crippen molar-refractivity contribution in [1.29, 1.82) is 5.26 Å². The van der Waals surface area contributed by atoms with Crippen LogP contribution in [0.5, 0.6) is 0 Å². The first-order valence-corrected chi connectivity index (χ1v) is 6.24. The number of hydrogen-bond donors (Lipinski definition) is 1. The van der Waals surface area contributed by atoms with E-state index in [4.69, 9.17) is 10.00 Å². The van der Waals surface area contributed by atoms with Gasteiger partial charge in [-0.2, -0.15) is 5.26 Å². The van der Waals surface area contributed by atoms with Gasteiger partial charge in [-0.05, 0) is 34.6 Å². The first kappa shape index (κ1) is 16.7. The van der Waals surface area contributed by atoms with E-state index in [-0.39, 0.29) is 6.09 Å². The summed E-state index contributed by atoms with van der Waals surface area (Å²) in [6.45, 7) is 12.7. The molecule has 1 fully saturated rings. The first-order valence-electron chi connectivity index (χ1n) is 6.24. The molecule has 18 heavy (non-hydrogen) atoms. The summed E-state index contributed by atoms with van der Waals surface area (Å²) < 4.78 is 5.33. The van der Waals surface area contributed by atoms with Crippen molar-refractivity contribution in [3.63, 3.8) is 0 Å². The van der Waals surface area contributed by atoms with Crippen LogP contribution < -0.4 is 5.32 Å². The van der Waals surface area contributed by atoms with Gasteiger partial charge in [0.1, 0.15) is 5.60 Å². The largest absolute Gasteiger partial charge is 0.444 e. The second kappa shape index (κ2) is 7.22. The summed E-state index contributed by atoms with van der Waals surface area (Å²) in [5.74, 6) is 0. The molecule has 0 aliphatic carbocycles. The van der Waals surface area contributed by atoms with Crippen molar-refractivity contribution >= 4 is 6.09 Å². The molecule has 1 heterocycles. The first-order chi connectivity index (χ1) is 8.19. The number of rotatable bonds is 0. The maximum atomic E-state index is 11.8. The average molecular weight is 255 g/mol. The highest BCUT2D eigenvalue weighted by atomic mass is 16.6. The molecule has 1 amide bonds. The van der Waals surface area contributed by atoms with E-state index >= 15 is 0 Å². The fourth-order valence-electron chi connectivity index (χ4n) is 1.80. The van der Waals surface area contributed by atoms with E-state index in [1.165, 1.54) is 6.92 Å². The second-order valence-corrected chi connectivity index (χ2v) is 5.58. The standard InChI is InChI=1S/C11H22N2O2.C2H3N/c1-8-6-13(7-9(2)12-8)10(14)15-11(3,4)5;1-2-3/h8-9,12H,6-7H2,1-5H3;1H3/t8-,9+;. The van der Waals surface area contributed by atoms with Crippen LogP contribution in [0.1, 0.15) is 41.5 Å². The number of nitrogens with one attached hydrogen (secondary N) is 1. The lowest BCUT2D eigenvalue weighted by Gasteiger charge is -2.36. The van der Waals surface area contributed by atoms with Gasteiger partial charge in [-0.15, -0.1) is 0 Å². The molecule has 0 saturated carbocycles. The van der Waals surface area contributed by atoms with Gasteiger partial charge in [-0.25, -0.2) is 4.79 Å². The van der Waals surface area contributed by atoms with Crippen molar-refractivity contribution in [2.75, 3.05) is 13.1 Å². The molecule has 2 atom stereocenters. The molecule has 1 saturated heterocycles. The number of ether oxygens (including phenoxy) is 1. The van der Waals surface area contributed by atoms with Gasteiger partial charge in [0.25, 0.3) is 0 Å². The van der Waals surface area contributed by atoms with Crippen molar-refractivity contribution in [2.45, 2.75) is 59.2 Å². The number of nitriles is 1. The normalized spacial score (nSPS) is 23.5. The lowest BCUT2D eigenvalue weighted by Crippen LogP contribution is -2.56. The Balaban J connectivity index is 0.000000873.